The third kappa shape index (κ3) is 6.94. The van der Waals surface area contributed by atoms with Gasteiger partial charge in [0.25, 0.3) is 5.91 Å². The van der Waals surface area contributed by atoms with Crippen LogP contribution < -0.4 is 13.7 Å². The van der Waals surface area contributed by atoms with E-state index in [0.29, 0.717) is 12.1 Å². The van der Waals surface area contributed by atoms with E-state index in [1.54, 1.807) is 24.3 Å². The molecule has 0 atom stereocenters. The molecule has 2 aromatic rings. The van der Waals surface area contributed by atoms with Gasteiger partial charge in [-0.05, 0) is 54.8 Å². The molecule has 0 aliphatic rings. The van der Waals surface area contributed by atoms with E-state index in [1.165, 1.54) is 24.3 Å². The minimum Gasteiger partial charge on any atom is -0.353 e. The molecule has 0 aliphatic carbocycles. The smallest absolute Gasteiger partial charge is 0.353 e. The van der Waals surface area contributed by atoms with Crippen LogP contribution >= 0.6 is 0 Å². The topological polar surface area (TPSA) is 81.7 Å². The summed E-state index contributed by atoms with van der Waals surface area (Å²) in [5, 5.41) is 2.82. The van der Waals surface area contributed by atoms with Crippen molar-refractivity contribution in [2.75, 3.05) is 6.54 Å². The summed E-state index contributed by atoms with van der Waals surface area (Å²) >= 11 is 0. The van der Waals surface area contributed by atoms with Crippen LogP contribution in [0, 0.1) is 0 Å². The quantitative estimate of drug-likeness (QED) is 0.622. The molecule has 0 saturated carbocycles. The second kappa shape index (κ2) is 9.97. The van der Waals surface area contributed by atoms with Gasteiger partial charge in [-0.25, -0.2) is 0 Å². The number of aryl methyl sites for hydroxylation is 1. The van der Waals surface area contributed by atoms with Gasteiger partial charge in [0.15, 0.2) is 0 Å². The Morgan fingerprint density at radius 1 is 0.889 bits per heavy atom. The summed E-state index contributed by atoms with van der Waals surface area (Å²) in [6, 6.07) is 12.6. The average molecular weight is 391 g/mol. The maximum atomic E-state index is 12.0. The van der Waals surface area contributed by atoms with Gasteiger partial charge in [0, 0.05) is 12.1 Å². The van der Waals surface area contributed by atoms with Gasteiger partial charge in [0.1, 0.15) is 11.5 Å². The average Bonchev–Trinajstić information content (AvgIpc) is 2.65. The van der Waals surface area contributed by atoms with Crippen molar-refractivity contribution < 1.29 is 21.6 Å². The Hall–Kier alpha value is -2.54. The van der Waals surface area contributed by atoms with Gasteiger partial charge in [-0.15, -0.1) is 8.42 Å². The van der Waals surface area contributed by atoms with Gasteiger partial charge in [-0.3, -0.25) is 4.79 Å². The van der Waals surface area contributed by atoms with Crippen molar-refractivity contribution in [3.63, 3.8) is 0 Å². The van der Waals surface area contributed by atoms with Crippen LogP contribution in [0.15, 0.2) is 48.5 Å². The summed E-state index contributed by atoms with van der Waals surface area (Å²) < 4.78 is 33.9. The zero-order chi connectivity index (χ0) is 19.7. The Bertz CT molecular complexity index is 830. The van der Waals surface area contributed by atoms with Gasteiger partial charge >= 0.3 is 10.4 Å². The largest absolute Gasteiger partial charge is 0.500 e. The summed E-state index contributed by atoms with van der Waals surface area (Å²) in [5.74, 6) is 0.0470. The molecule has 2 aromatic carbocycles. The molecule has 0 fully saturated rings. The SMILES string of the molecule is CCCCCNC(=O)c1ccc(OS(=O)(=O)Oc2ccc(CC)cc2)cc1. The molecule has 1 amide bonds. The Balaban J connectivity index is 1.92. The fourth-order valence-electron chi connectivity index (χ4n) is 2.37. The van der Waals surface area contributed by atoms with Crippen molar-refractivity contribution in [1.82, 2.24) is 5.32 Å². The lowest BCUT2D eigenvalue weighted by Crippen LogP contribution is -2.24. The predicted octanol–water partition coefficient (Wildman–Crippen LogP) is 3.87. The molecular formula is C20H25NO5S. The maximum absolute atomic E-state index is 12.0. The van der Waals surface area contributed by atoms with E-state index in [-0.39, 0.29) is 17.4 Å². The number of nitrogens with one attached hydrogen (secondary N) is 1. The van der Waals surface area contributed by atoms with Crippen LogP contribution in [0.5, 0.6) is 11.5 Å². The second-order valence-electron chi connectivity index (χ2n) is 6.06. The number of hydrogen-bond donors (Lipinski definition) is 1. The molecule has 1 N–H and O–H groups in total. The van der Waals surface area contributed by atoms with Gasteiger partial charge in [-0.1, -0.05) is 38.8 Å². The van der Waals surface area contributed by atoms with Gasteiger partial charge in [0.2, 0.25) is 0 Å². The highest BCUT2D eigenvalue weighted by atomic mass is 32.3. The lowest BCUT2D eigenvalue weighted by molar-refractivity contribution is 0.0953. The predicted molar refractivity (Wildman–Crippen MR) is 104 cm³/mol. The highest BCUT2D eigenvalue weighted by Crippen LogP contribution is 2.19. The van der Waals surface area contributed by atoms with Crippen LogP contribution in [0.1, 0.15) is 49.0 Å². The van der Waals surface area contributed by atoms with E-state index >= 15 is 0 Å². The first kappa shape index (κ1) is 20.8. The molecule has 0 aliphatic heterocycles. The molecule has 7 heteroatoms. The third-order valence-electron chi connectivity index (χ3n) is 3.91. The van der Waals surface area contributed by atoms with Crippen molar-refractivity contribution >= 4 is 16.3 Å². The first-order chi connectivity index (χ1) is 12.9. The molecule has 6 nitrogen and oxygen atoms in total. The molecule has 0 heterocycles. The summed E-state index contributed by atoms with van der Waals surface area (Å²) in [5.41, 5.74) is 1.51. The fourth-order valence-corrected chi connectivity index (χ4v) is 3.10. The standard InChI is InChI=1S/C20H25NO5S/c1-3-5-6-15-21-20(22)17-9-13-19(14-10-17)26-27(23,24)25-18-11-7-16(4-2)8-12-18/h7-14H,3-6,15H2,1-2H3,(H,21,22). The second-order valence-corrected chi connectivity index (χ2v) is 7.21. The summed E-state index contributed by atoms with van der Waals surface area (Å²) in [7, 11) is -4.26. The van der Waals surface area contributed by atoms with Gasteiger partial charge in [-0.2, -0.15) is 0 Å². The zero-order valence-electron chi connectivity index (χ0n) is 15.6. The number of carbonyl (C=O) groups excluding carboxylic acids is 1. The van der Waals surface area contributed by atoms with Crippen LogP contribution in [0.2, 0.25) is 0 Å². The number of amides is 1. The van der Waals surface area contributed by atoms with Crippen LogP contribution in [0.4, 0.5) is 0 Å². The van der Waals surface area contributed by atoms with Crippen molar-refractivity contribution in [2.24, 2.45) is 0 Å². The lowest BCUT2D eigenvalue weighted by atomic mass is 10.2. The molecule has 27 heavy (non-hydrogen) atoms. The molecule has 146 valence electrons. The molecule has 0 saturated heterocycles. The number of carbonyl (C=O) groups is 1. The Morgan fingerprint density at radius 3 is 1.96 bits per heavy atom. The summed E-state index contributed by atoms with van der Waals surface area (Å²) in [6.45, 7) is 4.72. The van der Waals surface area contributed by atoms with Crippen molar-refractivity contribution in [1.29, 1.82) is 0 Å². The molecule has 0 radical (unpaired) electrons. The monoisotopic (exact) mass is 391 g/mol. The molecule has 0 spiro atoms. The summed E-state index contributed by atoms with van der Waals surface area (Å²) in [4.78, 5) is 12.0. The Labute approximate surface area is 160 Å². The zero-order valence-corrected chi connectivity index (χ0v) is 16.4. The van der Waals surface area contributed by atoms with Crippen molar-refractivity contribution in [3.8, 4) is 11.5 Å². The van der Waals surface area contributed by atoms with Gasteiger partial charge in [0.05, 0.1) is 0 Å². The molecule has 0 aromatic heterocycles. The Kier molecular flexibility index (Phi) is 7.67. The minimum atomic E-state index is -4.26. The number of unbranched alkanes of at least 4 members (excludes halogenated alkanes) is 2. The molecule has 0 unspecified atom stereocenters. The molecule has 0 bridgehead atoms. The number of rotatable bonds is 10. The Morgan fingerprint density at radius 2 is 1.44 bits per heavy atom. The highest BCUT2D eigenvalue weighted by molar-refractivity contribution is 7.82. The van der Waals surface area contributed by atoms with Crippen LogP contribution in [-0.2, 0) is 16.8 Å². The number of hydrogen-bond acceptors (Lipinski definition) is 5. The normalized spacial score (nSPS) is 11.0. The van der Waals surface area contributed by atoms with E-state index in [2.05, 4.69) is 12.2 Å². The van der Waals surface area contributed by atoms with E-state index in [0.717, 1.165) is 31.2 Å². The fraction of sp³-hybridized carbons (Fsp3) is 0.350. The van der Waals surface area contributed by atoms with Crippen LogP contribution in [-0.4, -0.2) is 20.9 Å². The summed E-state index contributed by atoms with van der Waals surface area (Å²) in [6.07, 6.45) is 3.92. The molecule has 2 rings (SSSR count). The van der Waals surface area contributed by atoms with Crippen LogP contribution in [0.25, 0.3) is 0 Å². The van der Waals surface area contributed by atoms with E-state index in [1.807, 2.05) is 6.92 Å². The first-order valence-electron chi connectivity index (χ1n) is 9.04. The highest BCUT2D eigenvalue weighted by Gasteiger charge is 2.16. The maximum Gasteiger partial charge on any atom is 0.500 e. The third-order valence-corrected chi connectivity index (χ3v) is 4.70. The molecular weight excluding hydrogens is 366 g/mol. The van der Waals surface area contributed by atoms with Crippen molar-refractivity contribution in [2.45, 2.75) is 39.5 Å². The lowest BCUT2D eigenvalue weighted by Gasteiger charge is -2.09. The van der Waals surface area contributed by atoms with Crippen LogP contribution in [0.3, 0.4) is 0 Å². The minimum absolute atomic E-state index is 0.0720. The number of benzene rings is 2. The van der Waals surface area contributed by atoms with Gasteiger partial charge < -0.3 is 13.7 Å². The van der Waals surface area contributed by atoms with E-state index in [9.17, 15) is 13.2 Å². The van der Waals surface area contributed by atoms with Crippen molar-refractivity contribution in [3.05, 3.63) is 59.7 Å². The first-order valence-corrected chi connectivity index (χ1v) is 10.4. The van der Waals surface area contributed by atoms with E-state index in [4.69, 9.17) is 8.37 Å². The van der Waals surface area contributed by atoms with E-state index < -0.39 is 10.4 Å².